The lowest BCUT2D eigenvalue weighted by Gasteiger charge is -2.59. The molecule has 4 unspecified atom stereocenters. The molecule has 0 radical (unpaired) electrons. The quantitative estimate of drug-likeness (QED) is 0.532. The minimum absolute atomic E-state index is 0.00810. The van der Waals surface area contributed by atoms with E-state index in [2.05, 4.69) is 0 Å². The fourth-order valence-electron chi connectivity index (χ4n) is 7.20. The number of carbonyl (C=O) groups is 1. The Labute approximate surface area is 91.6 Å². The van der Waals surface area contributed by atoms with Crippen LogP contribution >= 0.6 is 0 Å². The molecule has 0 amide bonds. The maximum absolute atomic E-state index is 11.9. The normalized spacial score (nSPS) is 83.2. The van der Waals surface area contributed by atoms with Gasteiger partial charge in [-0.25, -0.2) is 4.79 Å². The molecule has 7 rings (SSSR count). The van der Waals surface area contributed by atoms with Gasteiger partial charge in [-0.3, -0.25) is 0 Å². The van der Waals surface area contributed by atoms with Crippen molar-refractivity contribution in [3.05, 3.63) is 0 Å². The summed E-state index contributed by atoms with van der Waals surface area (Å²) in [5, 5.41) is 21.4. The molecular weight excluding hydrogens is 208 g/mol. The maximum atomic E-state index is 11.9. The Kier molecular flexibility index (Phi) is 0.758. The fourth-order valence-corrected chi connectivity index (χ4v) is 7.20. The smallest absolute Gasteiger partial charge is 0.341 e. The third kappa shape index (κ3) is 0.371. The molecule has 0 spiro atoms. The summed E-state index contributed by atoms with van der Waals surface area (Å²) in [5.41, 5.74) is -1.23. The monoisotopic (exact) mass is 220 g/mol. The van der Waals surface area contributed by atoms with Gasteiger partial charge < -0.3 is 14.9 Å². The van der Waals surface area contributed by atoms with E-state index in [9.17, 15) is 15.0 Å². The first-order chi connectivity index (χ1) is 7.60. The average Bonchev–Trinajstić information content (AvgIpc) is 2.66. The number of hydrogen-bond acceptors (Lipinski definition) is 4. The highest BCUT2D eigenvalue weighted by atomic mass is 16.7. The SMILES string of the molecule is O=C1OC2(O)C3C4[C@@H]5[C@H]6C[C@@H]([C@H]35)[C@H]2[C@@H]6C14O. The Hall–Kier alpha value is -0.610. The van der Waals surface area contributed by atoms with Gasteiger partial charge in [0.2, 0.25) is 5.79 Å². The van der Waals surface area contributed by atoms with E-state index in [0.29, 0.717) is 23.7 Å². The van der Waals surface area contributed by atoms with Gasteiger partial charge in [0.1, 0.15) is 0 Å². The molecule has 10 atom stereocenters. The Morgan fingerprint density at radius 1 is 1.06 bits per heavy atom. The van der Waals surface area contributed by atoms with Gasteiger partial charge >= 0.3 is 5.97 Å². The Morgan fingerprint density at radius 3 is 2.56 bits per heavy atom. The van der Waals surface area contributed by atoms with E-state index in [1.807, 2.05) is 0 Å². The van der Waals surface area contributed by atoms with Crippen molar-refractivity contribution in [1.82, 2.24) is 0 Å². The minimum Gasteiger partial charge on any atom is -0.430 e. The zero-order valence-corrected chi connectivity index (χ0v) is 8.54. The molecule has 84 valence electrons. The highest BCUT2D eigenvalue weighted by molar-refractivity contribution is 5.85. The number of ether oxygens (including phenoxy) is 1. The molecule has 16 heavy (non-hydrogen) atoms. The summed E-state index contributed by atoms with van der Waals surface area (Å²) in [4.78, 5) is 11.9. The first-order valence-corrected chi connectivity index (χ1v) is 6.28. The molecule has 5 aliphatic carbocycles. The van der Waals surface area contributed by atoms with Crippen LogP contribution < -0.4 is 0 Å². The van der Waals surface area contributed by atoms with Crippen molar-refractivity contribution in [2.45, 2.75) is 17.8 Å². The first kappa shape index (κ1) is 7.67. The van der Waals surface area contributed by atoms with Crippen LogP contribution in [0.3, 0.4) is 0 Å². The van der Waals surface area contributed by atoms with E-state index in [1.54, 1.807) is 0 Å². The van der Waals surface area contributed by atoms with Crippen molar-refractivity contribution >= 4 is 5.97 Å². The van der Waals surface area contributed by atoms with Gasteiger partial charge in [0.25, 0.3) is 0 Å². The van der Waals surface area contributed by atoms with Crippen molar-refractivity contribution in [3.63, 3.8) is 0 Å². The van der Waals surface area contributed by atoms with Crippen LogP contribution in [0.2, 0.25) is 0 Å². The second-order valence-electron chi connectivity index (χ2n) is 6.79. The van der Waals surface area contributed by atoms with E-state index >= 15 is 0 Å². The lowest BCUT2D eigenvalue weighted by Crippen LogP contribution is -2.74. The predicted octanol–water partition coefficient (Wildman–Crippen LogP) is -0.649. The largest absolute Gasteiger partial charge is 0.430 e. The molecule has 4 heteroatoms. The van der Waals surface area contributed by atoms with Crippen molar-refractivity contribution in [3.8, 4) is 0 Å². The van der Waals surface area contributed by atoms with Gasteiger partial charge in [-0.1, -0.05) is 0 Å². The van der Waals surface area contributed by atoms with Gasteiger partial charge in [0.05, 0.1) is 0 Å². The van der Waals surface area contributed by atoms with Crippen LogP contribution in [0.5, 0.6) is 0 Å². The van der Waals surface area contributed by atoms with Gasteiger partial charge in [-0.2, -0.15) is 0 Å². The Morgan fingerprint density at radius 2 is 1.75 bits per heavy atom. The van der Waals surface area contributed by atoms with Crippen LogP contribution in [0.1, 0.15) is 6.42 Å². The van der Waals surface area contributed by atoms with Crippen LogP contribution in [0.15, 0.2) is 0 Å². The number of carbonyl (C=O) groups excluding carboxylic acids is 1. The van der Waals surface area contributed by atoms with E-state index in [1.165, 1.54) is 0 Å². The summed E-state index contributed by atoms with van der Waals surface area (Å²) in [6.45, 7) is 0. The molecule has 0 aromatic heterocycles. The zero-order chi connectivity index (χ0) is 10.6. The van der Waals surface area contributed by atoms with Gasteiger partial charge in [-0.05, 0) is 30.1 Å². The zero-order valence-electron chi connectivity index (χ0n) is 8.54. The Bertz CT molecular complexity index is 489. The van der Waals surface area contributed by atoms with Crippen molar-refractivity contribution in [2.75, 3.05) is 0 Å². The standard InChI is InChI=1S/C12H12O4/c13-10-11(14)6-2-1-3-5-4(2)8(11)9(5)12(15,16-10)7(3)6/h2-9,14-15H,1H2/t2-,3+,4-,5+,6-,7+,8?,9?,11?,12?/m1/s1. The van der Waals surface area contributed by atoms with Crippen molar-refractivity contribution < 1.29 is 19.7 Å². The van der Waals surface area contributed by atoms with Crippen LogP contribution in [0.25, 0.3) is 0 Å². The van der Waals surface area contributed by atoms with Crippen LogP contribution in [-0.4, -0.2) is 27.6 Å². The minimum atomic E-state index is -1.23. The van der Waals surface area contributed by atoms with Gasteiger partial charge in [0, 0.05) is 23.7 Å². The second kappa shape index (κ2) is 1.58. The molecular formula is C12H12O4. The molecule has 5 saturated carbocycles. The topological polar surface area (TPSA) is 66.8 Å². The van der Waals surface area contributed by atoms with Crippen LogP contribution in [0.4, 0.5) is 0 Å². The number of aliphatic hydroxyl groups is 2. The second-order valence-corrected chi connectivity index (χ2v) is 6.79. The molecule has 0 aromatic rings. The number of esters is 1. The van der Waals surface area contributed by atoms with E-state index < -0.39 is 17.4 Å². The molecule has 7 fully saturated rings. The molecule has 7 aliphatic rings. The number of rotatable bonds is 0. The van der Waals surface area contributed by atoms with Crippen molar-refractivity contribution in [1.29, 1.82) is 0 Å². The van der Waals surface area contributed by atoms with Gasteiger partial charge in [-0.15, -0.1) is 0 Å². The lowest BCUT2D eigenvalue weighted by molar-refractivity contribution is -0.350. The third-order valence-corrected chi connectivity index (χ3v) is 7.06. The van der Waals surface area contributed by atoms with Crippen LogP contribution in [-0.2, 0) is 9.53 Å². The molecule has 4 bridgehead atoms. The number of hydrogen-bond donors (Lipinski definition) is 2. The summed E-state index contributed by atoms with van der Waals surface area (Å²) < 4.78 is 5.22. The highest BCUT2D eigenvalue weighted by Gasteiger charge is 2.96. The van der Waals surface area contributed by atoms with Crippen LogP contribution in [0, 0.1) is 47.3 Å². The summed E-state index contributed by atoms with van der Waals surface area (Å²) in [7, 11) is 0. The molecule has 4 nitrogen and oxygen atoms in total. The molecule has 2 heterocycles. The Balaban J connectivity index is 1.78. The van der Waals surface area contributed by atoms with Gasteiger partial charge in [0.15, 0.2) is 5.60 Å². The van der Waals surface area contributed by atoms with E-state index in [-0.39, 0.29) is 23.7 Å². The molecule has 2 aliphatic heterocycles. The third-order valence-electron chi connectivity index (χ3n) is 7.06. The number of fused-ring (bicyclic) bond motifs is 1. The summed E-state index contributed by atoms with van der Waals surface area (Å²) in [6, 6.07) is 0. The highest BCUT2D eigenvalue weighted by Crippen LogP contribution is 2.89. The average molecular weight is 220 g/mol. The predicted molar refractivity (Wildman–Crippen MR) is 48.5 cm³/mol. The first-order valence-electron chi connectivity index (χ1n) is 6.28. The molecule has 2 N–H and O–H groups in total. The summed E-state index contributed by atoms with van der Waals surface area (Å²) >= 11 is 0. The van der Waals surface area contributed by atoms with Crippen molar-refractivity contribution in [2.24, 2.45) is 47.3 Å². The maximum Gasteiger partial charge on any atom is 0.341 e. The lowest BCUT2D eigenvalue weighted by atomic mass is 9.53. The molecule has 2 saturated heterocycles. The van der Waals surface area contributed by atoms with E-state index in [0.717, 1.165) is 6.42 Å². The molecule has 0 aromatic carbocycles. The summed E-state index contributed by atoms with van der Waals surface area (Å²) in [6.07, 6.45) is 1.11. The summed E-state index contributed by atoms with van der Waals surface area (Å²) in [5.74, 6) is 0.466. The van der Waals surface area contributed by atoms with E-state index in [4.69, 9.17) is 4.74 Å². The fraction of sp³-hybridized carbons (Fsp3) is 0.917.